The van der Waals surface area contributed by atoms with Gasteiger partial charge in [0, 0.05) is 38.6 Å². The van der Waals surface area contributed by atoms with Gasteiger partial charge in [-0.15, -0.1) is 0 Å². The standard InChI is InChI=1S/C31H22O4/c32-27-9-3-7-23-21(27)13-15-25(30(23)34)29(20-12-11-18-5-1-2-6-19(18)17-20)26-16-14-22-24(31(26)35)8-4-10-28(22)33/h1-17,29,32-35H. The van der Waals surface area contributed by atoms with Gasteiger partial charge in [-0.25, -0.2) is 0 Å². The molecule has 6 rings (SSSR count). The van der Waals surface area contributed by atoms with Gasteiger partial charge in [-0.3, -0.25) is 0 Å². The van der Waals surface area contributed by atoms with Crippen LogP contribution < -0.4 is 0 Å². The third-order valence-electron chi connectivity index (χ3n) is 6.81. The molecule has 0 aliphatic rings. The number of hydrogen-bond acceptors (Lipinski definition) is 4. The first-order valence-electron chi connectivity index (χ1n) is 11.4. The Hall–Kier alpha value is -4.70. The van der Waals surface area contributed by atoms with E-state index in [0.717, 1.165) is 16.3 Å². The lowest BCUT2D eigenvalue weighted by Crippen LogP contribution is -2.05. The van der Waals surface area contributed by atoms with E-state index in [-0.39, 0.29) is 23.0 Å². The van der Waals surface area contributed by atoms with E-state index >= 15 is 0 Å². The van der Waals surface area contributed by atoms with Crippen LogP contribution in [0.1, 0.15) is 22.6 Å². The highest BCUT2D eigenvalue weighted by Crippen LogP contribution is 2.46. The number of phenols is 4. The summed E-state index contributed by atoms with van der Waals surface area (Å²) >= 11 is 0. The minimum Gasteiger partial charge on any atom is -0.507 e. The van der Waals surface area contributed by atoms with Crippen LogP contribution >= 0.6 is 0 Å². The van der Waals surface area contributed by atoms with Gasteiger partial charge >= 0.3 is 0 Å². The summed E-state index contributed by atoms with van der Waals surface area (Å²) in [6.45, 7) is 0. The van der Waals surface area contributed by atoms with Crippen molar-refractivity contribution >= 4 is 32.3 Å². The Morgan fingerprint density at radius 1 is 0.429 bits per heavy atom. The van der Waals surface area contributed by atoms with E-state index in [9.17, 15) is 20.4 Å². The largest absolute Gasteiger partial charge is 0.507 e. The van der Waals surface area contributed by atoms with Gasteiger partial charge in [0.2, 0.25) is 0 Å². The van der Waals surface area contributed by atoms with Crippen LogP contribution in [0.2, 0.25) is 0 Å². The average molecular weight is 459 g/mol. The van der Waals surface area contributed by atoms with Crippen LogP contribution in [0, 0.1) is 0 Å². The quantitative estimate of drug-likeness (QED) is 0.212. The lowest BCUT2D eigenvalue weighted by atomic mass is 9.81. The Labute approximate surface area is 201 Å². The van der Waals surface area contributed by atoms with Gasteiger partial charge in [0.25, 0.3) is 0 Å². The molecule has 0 amide bonds. The predicted octanol–water partition coefficient (Wildman–Crippen LogP) is 7.15. The molecule has 0 fully saturated rings. The fourth-order valence-corrected chi connectivity index (χ4v) is 5.06. The fraction of sp³-hybridized carbons (Fsp3) is 0.0323. The van der Waals surface area contributed by atoms with Crippen molar-refractivity contribution in [1.82, 2.24) is 0 Å². The van der Waals surface area contributed by atoms with E-state index in [4.69, 9.17) is 0 Å². The molecule has 0 unspecified atom stereocenters. The number of aromatic hydroxyl groups is 4. The van der Waals surface area contributed by atoms with E-state index in [2.05, 4.69) is 6.07 Å². The summed E-state index contributed by atoms with van der Waals surface area (Å²) in [7, 11) is 0. The van der Waals surface area contributed by atoms with Crippen LogP contribution in [0.5, 0.6) is 23.0 Å². The molecule has 4 N–H and O–H groups in total. The third-order valence-corrected chi connectivity index (χ3v) is 6.81. The van der Waals surface area contributed by atoms with Crippen molar-refractivity contribution in [2.75, 3.05) is 0 Å². The maximum atomic E-state index is 11.4. The average Bonchev–Trinajstić information content (AvgIpc) is 2.87. The van der Waals surface area contributed by atoms with Gasteiger partial charge in [-0.05, 0) is 28.5 Å². The van der Waals surface area contributed by atoms with Crippen LogP contribution in [0.3, 0.4) is 0 Å². The Balaban J connectivity index is 1.67. The van der Waals surface area contributed by atoms with Crippen LogP contribution in [0.25, 0.3) is 32.3 Å². The van der Waals surface area contributed by atoms with Crippen molar-refractivity contribution in [1.29, 1.82) is 0 Å². The van der Waals surface area contributed by atoms with E-state index in [1.54, 1.807) is 60.7 Å². The van der Waals surface area contributed by atoms with E-state index in [1.165, 1.54) is 0 Å². The fourth-order valence-electron chi connectivity index (χ4n) is 5.06. The maximum absolute atomic E-state index is 11.4. The van der Waals surface area contributed by atoms with Gasteiger partial charge in [-0.2, -0.15) is 0 Å². The third kappa shape index (κ3) is 3.30. The Morgan fingerprint density at radius 2 is 0.971 bits per heavy atom. The van der Waals surface area contributed by atoms with Crippen LogP contribution in [-0.4, -0.2) is 20.4 Å². The van der Waals surface area contributed by atoms with Crippen molar-refractivity contribution in [3.05, 3.63) is 120 Å². The molecule has 6 aromatic carbocycles. The predicted molar refractivity (Wildman–Crippen MR) is 139 cm³/mol. The summed E-state index contributed by atoms with van der Waals surface area (Å²) in [4.78, 5) is 0. The molecule has 0 saturated heterocycles. The Bertz CT molecular complexity index is 1660. The molecule has 0 aliphatic carbocycles. The topological polar surface area (TPSA) is 80.9 Å². The van der Waals surface area contributed by atoms with Gasteiger partial charge in [0.05, 0.1) is 0 Å². The van der Waals surface area contributed by atoms with E-state index in [1.807, 2.05) is 36.4 Å². The monoisotopic (exact) mass is 458 g/mol. The second kappa shape index (κ2) is 7.96. The minimum atomic E-state index is -0.502. The highest BCUT2D eigenvalue weighted by Gasteiger charge is 2.26. The molecular formula is C31H22O4. The van der Waals surface area contributed by atoms with Crippen LogP contribution in [-0.2, 0) is 0 Å². The Kier molecular flexibility index (Phi) is 4.75. The number of fused-ring (bicyclic) bond motifs is 3. The zero-order chi connectivity index (χ0) is 24.1. The maximum Gasteiger partial charge on any atom is 0.127 e. The molecule has 0 heterocycles. The first-order valence-corrected chi connectivity index (χ1v) is 11.4. The van der Waals surface area contributed by atoms with Gasteiger partial charge in [-0.1, -0.05) is 91.0 Å². The number of benzene rings is 6. The lowest BCUT2D eigenvalue weighted by molar-refractivity contribution is 0.463. The van der Waals surface area contributed by atoms with E-state index < -0.39 is 5.92 Å². The molecule has 4 heteroatoms. The van der Waals surface area contributed by atoms with Gasteiger partial charge in [0.1, 0.15) is 23.0 Å². The summed E-state index contributed by atoms with van der Waals surface area (Å²) in [5.41, 5.74) is 2.11. The van der Waals surface area contributed by atoms with E-state index in [0.29, 0.717) is 32.7 Å². The highest BCUT2D eigenvalue weighted by atomic mass is 16.3. The second-order valence-electron chi connectivity index (χ2n) is 8.79. The van der Waals surface area contributed by atoms with Crippen molar-refractivity contribution in [2.45, 2.75) is 5.92 Å². The number of phenolic OH excluding ortho intramolecular Hbond substituents is 4. The Morgan fingerprint density at radius 3 is 1.54 bits per heavy atom. The summed E-state index contributed by atoms with van der Waals surface area (Å²) in [6.07, 6.45) is 0. The molecular weight excluding hydrogens is 436 g/mol. The summed E-state index contributed by atoms with van der Waals surface area (Å²) in [6, 6.07) is 31.4. The summed E-state index contributed by atoms with van der Waals surface area (Å²) in [5, 5.41) is 47.7. The zero-order valence-corrected chi connectivity index (χ0v) is 18.7. The van der Waals surface area contributed by atoms with Gasteiger partial charge < -0.3 is 20.4 Å². The van der Waals surface area contributed by atoms with Gasteiger partial charge in [0.15, 0.2) is 0 Å². The highest BCUT2D eigenvalue weighted by molar-refractivity contribution is 5.96. The molecule has 4 nitrogen and oxygen atoms in total. The SMILES string of the molecule is Oc1cccc2c(O)c(C(c3ccc4ccccc4c3)c3ccc4c(O)cccc4c3O)ccc12. The normalized spacial score (nSPS) is 11.6. The summed E-state index contributed by atoms with van der Waals surface area (Å²) in [5.74, 6) is -0.219. The first-order chi connectivity index (χ1) is 17.0. The number of hydrogen-bond donors (Lipinski definition) is 4. The molecule has 35 heavy (non-hydrogen) atoms. The second-order valence-corrected chi connectivity index (χ2v) is 8.79. The van der Waals surface area contributed by atoms with Crippen molar-refractivity contribution in [3.63, 3.8) is 0 Å². The first kappa shape index (κ1) is 20.9. The minimum absolute atomic E-state index is 0.0481. The van der Waals surface area contributed by atoms with Crippen LogP contribution in [0.15, 0.2) is 103 Å². The molecule has 0 saturated carbocycles. The number of rotatable bonds is 3. The zero-order valence-electron chi connectivity index (χ0n) is 18.7. The summed E-state index contributed by atoms with van der Waals surface area (Å²) < 4.78 is 0. The molecule has 6 aromatic rings. The van der Waals surface area contributed by atoms with Crippen molar-refractivity contribution < 1.29 is 20.4 Å². The van der Waals surface area contributed by atoms with Crippen molar-refractivity contribution in [2.24, 2.45) is 0 Å². The smallest absolute Gasteiger partial charge is 0.127 e. The molecule has 0 radical (unpaired) electrons. The van der Waals surface area contributed by atoms with Crippen LogP contribution in [0.4, 0.5) is 0 Å². The molecule has 0 atom stereocenters. The molecule has 0 aromatic heterocycles. The van der Waals surface area contributed by atoms with Crippen molar-refractivity contribution in [3.8, 4) is 23.0 Å². The molecule has 0 spiro atoms. The lowest BCUT2D eigenvalue weighted by Gasteiger charge is -2.23. The molecule has 0 bridgehead atoms. The molecule has 170 valence electrons. The molecule has 0 aliphatic heterocycles.